The van der Waals surface area contributed by atoms with Gasteiger partial charge in [-0.15, -0.1) is 0 Å². The first-order valence-electron chi connectivity index (χ1n) is 6.84. The highest BCUT2D eigenvalue weighted by molar-refractivity contribution is 6.09. The Morgan fingerprint density at radius 3 is 2.14 bits per heavy atom. The second-order valence-corrected chi connectivity index (χ2v) is 4.82. The fourth-order valence-corrected chi connectivity index (χ4v) is 1.80. The standard InChI is InChI=1S/C16H16O.C2H4O2/c1-12(2)14-9-6-10-15(11-14)16(17)13-7-4-3-5-8-13;3-1-2-4/h3-12H,1-2H3;1,4H,2H2. The van der Waals surface area contributed by atoms with Gasteiger partial charge in [0.2, 0.25) is 0 Å². The van der Waals surface area contributed by atoms with Crippen LogP contribution in [0.5, 0.6) is 0 Å². The Morgan fingerprint density at radius 2 is 1.62 bits per heavy atom. The zero-order chi connectivity index (χ0) is 15.7. The largest absolute Gasteiger partial charge is 0.389 e. The molecule has 110 valence electrons. The van der Waals surface area contributed by atoms with Gasteiger partial charge in [0, 0.05) is 11.1 Å². The molecule has 0 aromatic heterocycles. The van der Waals surface area contributed by atoms with E-state index in [4.69, 9.17) is 9.90 Å². The molecule has 0 aliphatic heterocycles. The lowest BCUT2D eigenvalue weighted by atomic mass is 9.97. The molecule has 2 aromatic rings. The van der Waals surface area contributed by atoms with E-state index in [2.05, 4.69) is 19.9 Å². The van der Waals surface area contributed by atoms with Gasteiger partial charge in [-0.25, -0.2) is 0 Å². The summed E-state index contributed by atoms with van der Waals surface area (Å²) in [6.45, 7) is 3.90. The van der Waals surface area contributed by atoms with Crippen molar-refractivity contribution in [3.05, 3.63) is 71.3 Å². The predicted octanol–water partition coefficient (Wildman–Crippen LogP) is 3.22. The Morgan fingerprint density at radius 1 is 1.05 bits per heavy atom. The van der Waals surface area contributed by atoms with Gasteiger partial charge in [0.05, 0.1) is 6.61 Å². The third kappa shape index (κ3) is 5.32. The van der Waals surface area contributed by atoms with Crippen LogP contribution in [0, 0.1) is 0 Å². The molecule has 0 fully saturated rings. The van der Waals surface area contributed by atoms with Crippen molar-refractivity contribution in [2.24, 2.45) is 0 Å². The molecule has 3 nitrogen and oxygen atoms in total. The summed E-state index contributed by atoms with van der Waals surface area (Å²) in [5.41, 5.74) is 2.71. The van der Waals surface area contributed by atoms with E-state index in [0.717, 1.165) is 11.1 Å². The topological polar surface area (TPSA) is 54.4 Å². The molecule has 0 spiro atoms. The van der Waals surface area contributed by atoms with Crippen molar-refractivity contribution < 1.29 is 14.7 Å². The van der Waals surface area contributed by atoms with Crippen molar-refractivity contribution in [3.63, 3.8) is 0 Å². The van der Waals surface area contributed by atoms with E-state index in [-0.39, 0.29) is 12.4 Å². The molecule has 0 radical (unpaired) electrons. The van der Waals surface area contributed by atoms with E-state index in [1.165, 1.54) is 5.56 Å². The van der Waals surface area contributed by atoms with E-state index in [1.54, 1.807) is 0 Å². The molecule has 0 bridgehead atoms. The first-order valence-corrected chi connectivity index (χ1v) is 6.84. The molecular formula is C18H20O3. The van der Waals surface area contributed by atoms with Gasteiger partial charge >= 0.3 is 0 Å². The number of rotatable bonds is 4. The van der Waals surface area contributed by atoms with Crippen molar-refractivity contribution >= 4 is 12.1 Å². The first kappa shape index (κ1) is 16.8. The fourth-order valence-electron chi connectivity index (χ4n) is 1.80. The van der Waals surface area contributed by atoms with Gasteiger partial charge in [-0.3, -0.25) is 4.79 Å². The Bertz CT molecular complexity index is 574. The lowest BCUT2D eigenvalue weighted by Gasteiger charge is -2.07. The van der Waals surface area contributed by atoms with Crippen LogP contribution in [0.2, 0.25) is 0 Å². The molecule has 0 amide bonds. The molecule has 0 heterocycles. The molecule has 21 heavy (non-hydrogen) atoms. The number of benzene rings is 2. The number of hydrogen-bond acceptors (Lipinski definition) is 3. The summed E-state index contributed by atoms with van der Waals surface area (Å²) < 4.78 is 0. The molecule has 0 aliphatic rings. The number of carbonyl (C=O) groups excluding carboxylic acids is 2. The Kier molecular flexibility index (Phi) is 7.05. The average Bonchev–Trinajstić information content (AvgIpc) is 2.55. The Hall–Kier alpha value is -2.26. The number of ketones is 1. The maximum absolute atomic E-state index is 12.2. The lowest BCUT2D eigenvalue weighted by molar-refractivity contribution is -0.110. The van der Waals surface area contributed by atoms with Gasteiger partial charge in [-0.05, 0) is 17.5 Å². The van der Waals surface area contributed by atoms with E-state index < -0.39 is 0 Å². The fraction of sp³-hybridized carbons (Fsp3) is 0.222. The van der Waals surface area contributed by atoms with Gasteiger partial charge in [0.25, 0.3) is 0 Å². The molecule has 2 aromatic carbocycles. The number of aliphatic hydroxyl groups is 1. The van der Waals surface area contributed by atoms with Crippen LogP contribution >= 0.6 is 0 Å². The molecular weight excluding hydrogens is 264 g/mol. The number of hydrogen-bond donors (Lipinski definition) is 1. The van der Waals surface area contributed by atoms with Crippen molar-refractivity contribution in [1.82, 2.24) is 0 Å². The molecule has 0 saturated carbocycles. The van der Waals surface area contributed by atoms with Gasteiger partial charge < -0.3 is 9.90 Å². The van der Waals surface area contributed by atoms with Crippen molar-refractivity contribution in [3.8, 4) is 0 Å². The van der Waals surface area contributed by atoms with Crippen LogP contribution in [-0.4, -0.2) is 23.8 Å². The molecule has 0 aliphatic carbocycles. The second-order valence-electron chi connectivity index (χ2n) is 4.82. The minimum Gasteiger partial charge on any atom is -0.389 e. The molecule has 2 rings (SSSR count). The first-order chi connectivity index (χ1) is 10.1. The van der Waals surface area contributed by atoms with Crippen LogP contribution in [0.3, 0.4) is 0 Å². The zero-order valence-corrected chi connectivity index (χ0v) is 12.3. The second kappa shape index (κ2) is 8.82. The summed E-state index contributed by atoms with van der Waals surface area (Å²) in [6.07, 6.45) is 0.431. The number of aliphatic hydroxyl groups excluding tert-OH is 1. The van der Waals surface area contributed by atoms with Gasteiger partial charge in [0.15, 0.2) is 5.78 Å². The van der Waals surface area contributed by atoms with Crippen LogP contribution in [0.4, 0.5) is 0 Å². The third-order valence-electron chi connectivity index (χ3n) is 2.93. The number of aldehydes is 1. The summed E-state index contributed by atoms with van der Waals surface area (Å²) >= 11 is 0. The SMILES string of the molecule is CC(C)c1cccc(C(=O)c2ccccc2)c1.O=CCO. The van der Waals surface area contributed by atoms with Crippen molar-refractivity contribution in [2.45, 2.75) is 19.8 Å². The summed E-state index contributed by atoms with van der Waals surface area (Å²) in [5.74, 6) is 0.534. The van der Waals surface area contributed by atoms with Gasteiger partial charge in [-0.2, -0.15) is 0 Å². The number of carbonyl (C=O) groups is 2. The molecule has 3 heteroatoms. The van der Waals surface area contributed by atoms with Crippen LogP contribution in [0.1, 0.15) is 41.3 Å². The zero-order valence-electron chi connectivity index (χ0n) is 12.3. The Labute approximate surface area is 125 Å². The van der Waals surface area contributed by atoms with Gasteiger partial charge in [0.1, 0.15) is 6.29 Å². The monoisotopic (exact) mass is 284 g/mol. The predicted molar refractivity (Wildman–Crippen MR) is 83.6 cm³/mol. The quantitative estimate of drug-likeness (QED) is 0.693. The van der Waals surface area contributed by atoms with E-state index >= 15 is 0 Å². The highest BCUT2D eigenvalue weighted by Crippen LogP contribution is 2.17. The minimum atomic E-state index is -0.361. The smallest absolute Gasteiger partial charge is 0.193 e. The minimum absolute atomic E-state index is 0.0908. The average molecular weight is 284 g/mol. The van der Waals surface area contributed by atoms with Crippen LogP contribution < -0.4 is 0 Å². The Balaban J connectivity index is 0.000000491. The van der Waals surface area contributed by atoms with Crippen LogP contribution in [0.25, 0.3) is 0 Å². The summed E-state index contributed by atoms with van der Waals surface area (Å²) in [4.78, 5) is 21.1. The molecule has 1 N–H and O–H groups in total. The molecule has 0 unspecified atom stereocenters. The maximum Gasteiger partial charge on any atom is 0.193 e. The van der Waals surface area contributed by atoms with E-state index in [0.29, 0.717) is 12.2 Å². The van der Waals surface area contributed by atoms with Crippen molar-refractivity contribution in [1.29, 1.82) is 0 Å². The van der Waals surface area contributed by atoms with Gasteiger partial charge in [-0.1, -0.05) is 62.4 Å². The third-order valence-corrected chi connectivity index (χ3v) is 2.93. The molecule has 0 saturated heterocycles. The van der Waals surface area contributed by atoms with E-state index in [9.17, 15) is 4.79 Å². The highest BCUT2D eigenvalue weighted by Gasteiger charge is 2.09. The summed E-state index contributed by atoms with van der Waals surface area (Å²) in [6, 6.07) is 17.3. The summed E-state index contributed by atoms with van der Waals surface area (Å²) in [7, 11) is 0. The van der Waals surface area contributed by atoms with Crippen LogP contribution in [0.15, 0.2) is 54.6 Å². The molecule has 0 atom stereocenters. The maximum atomic E-state index is 12.2. The summed E-state index contributed by atoms with van der Waals surface area (Å²) in [5, 5.41) is 7.51. The highest BCUT2D eigenvalue weighted by atomic mass is 16.3. The lowest BCUT2D eigenvalue weighted by Crippen LogP contribution is -2.02. The van der Waals surface area contributed by atoms with Crippen LogP contribution in [-0.2, 0) is 4.79 Å². The normalized spacial score (nSPS) is 9.71. The van der Waals surface area contributed by atoms with E-state index in [1.807, 2.05) is 48.5 Å². The van der Waals surface area contributed by atoms with Crippen molar-refractivity contribution in [2.75, 3.05) is 6.61 Å².